The van der Waals surface area contributed by atoms with Gasteiger partial charge in [0, 0.05) is 11.6 Å². The Hall–Kier alpha value is -0.170. The predicted octanol–water partition coefficient (Wildman–Crippen LogP) is 2.85. The summed E-state index contributed by atoms with van der Waals surface area (Å²) in [6.07, 6.45) is 2.99. The lowest BCUT2D eigenvalue weighted by molar-refractivity contribution is 0.478. The van der Waals surface area contributed by atoms with E-state index in [9.17, 15) is 8.78 Å². The summed E-state index contributed by atoms with van der Waals surface area (Å²) < 4.78 is 27.5. The van der Waals surface area contributed by atoms with Crippen LogP contribution in [0.1, 0.15) is 12.0 Å². The largest absolute Gasteiger partial charge is 0.271 e. The van der Waals surface area contributed by atoms with Crippen molar-refractivity contribution < 1.29 is 8.78 Å². The Morgan fingerprint density at radius 3 is 2.76 bits per heavy atom. The third-order valence-corrected chi connectivity index (χ3v) is 3.75. The molecule has 1 unspecified atom stereocenters. The van der Waals surface area contributed by atoms with E-state index < -0.39 is 11.6 Å². The molecule has 1 aromatic rings. The van der Waals surface area contributed by atoms with Crippen LogP contribution in [0.15, 0.2) is 16.6 Å². The molecule has 1 rings (SSSR count). The second kappa shape index (κ2) is 7.31. The highest BCUT2D eigenvalue weighted by Gasteiger charge is 2.16. The van der Waals surface area contributed by atoms with Crippen LogP contribution in [0.5, 0.6) is 0 Å². The highest BCUT2D eigenvalue weighted by atomic mass is 79.9. The van der Waals surface area contributed by atoms with Crippen LogP contribution in [0.25, 0.3) is 0 Å². The summed E-state index contributed by atoms with van der Waals surface area (Å²) in [5.41, 5.74) is 2.67. The van der Waals surface area contributed by atoms with E-state index in [1.165, 1.54) is 12.1 Å². The van der Waals surface area contributed by atoms with Crippen molar-refractivity contribution in [2.75, 3.05) is 12.0 Å². The third-order valence-electron chi connectivity index (χ3n) is 2.50. The Labute approximate surface area is 112 Å². The molecule has 0 aromatic heterocycles. The van der Waals surface area contributed by atoms with Crippen molar-refractivity contribution in [3.05, 3.63) is 33.8 Å². The van der Waals surface area contributed by atoms with E-state index >= 15 is 0 Å². The lowest BCUT2D eigenvalue weighted by atomic mass is 10.0. The Kier molecular flexibility index (Phi) is 6.40. The van der Waals surface area contributed by atoms with Crippen molar-refractivity contribution in [3.8, 4) is 0 Å². The monoisotopic (exact) mass is 324 g/mol. The van der Waals surface area contributed by atoms with Gasteiger partial charge < -0.3 is 0 Å². The van der Waals surface area contributed by atoms with Gasteiger partial charge in [0.05, 0.1) is 4.47 Å². The molecule has 0 saturated heterocycles. The van der Waals surface area contributed by atoms with Crippen LogP contribution in [0.2, 0.25) is 0 Å². The summed E-state index contributed by atoms with van der Waals surface area (Å²) in [4.78, 5) is 0. The normalized spacial score (nSPS) is 12.8. The SMILES string of the molecule is CSCCC(Cc1c(F)ccc(Br)c1F)NN. The highest BCUT2D eigenvalue weighted by molar-refractivity contribution is 9.10. The summed E-state index contributed by atoms with van der Waals surface area (Å²) in [6.45, 7) is 0. The predicted molar refractivity (Wildman–Crippen MR) is 71.9 cm³/mol. The maximum atomic E-state index is 13.7. The van der Waals surface area contributed by atoms with Crippen molar-refractivity contribution in [2.45, 2.75) is 18.9 Å². The first-order valence-corrected chi connectivity index (χ1v) is 7.36. The zero-order chi connectivity index (χ0) is 12.8. The van der Waals surface area contributed by atoms with Gasteiger partial charge in [0.1, 0.15) is 11.6 Å². The molecule has 6 heteroatoms. The fourth-order valence-electron chi connectivity index (χ4n) is 1.51. The van der Waals surface area contributed by atoms with Crippen LogP contribution in [0, 0.1) is 11.6 Å². The first-order chi connectivity index (χ1) is 8.10. The summed E-state index contributed by atoms with van der Waals surface area (Å²) in [5.74, 6) is 5.20. The molecule has 96 valence electrons. The quantitative estimate of drug-likeness (QED) is 0.480. The summed E-state index contributed by atoms with van der Waals surface area (Å²) in [5, 5.41) is 0. The number of hydrazine groups is 1. The fourth-order valence-corrected chi connectivity index (χ4v) is 2.40. The molecule has 0 radical (unpaired) electrons. The van der Waals surface area contributed by atoms with E-state index in [0.717, 1.165) is 12.2 Å². The van der Waals surface area contributed by atoms with Crippen LogP contribution in [-0.4, -0.2) is 18.1 Å². The van der Waals surface area contributed by atoms with Gasteiger partial charge in [-0.15, -0.1) is 0 Å². The molecular weight excluding hydrogens is 310 g/mol. The molecule has 17 heavy (non-hydrogen) atoms. The molecule has 0 aliphatic carbocycles. The van der Waals surface area contributed by atoms with Crippen molar-refractivity contribution in [1.29, 1.82) is 0 Å². The van der Waals surface area contributed by atoms with Crippen LogP contribution in [-0.2, 0) is 6.42 Å². The van der Waals surface area contributed by atoms with Crippen LogP contribution in [0.3, 0.4) is 0 Å². The minimum Gasteiger partial charge on any atom is -0.271 e. The first kappa shape index (κ1) is 14.9. The van der Waals surface area contributed by atoms with Crippen LogP contribution >= 0.6 is 27.7 Å². The topological polar surface area (TPSA) is 38.0 Å². The van der Waals surface area contributed by atoms with E-state index in [2.05, 4.69) is 21.4 Å². The molecule has 0 amide bonds. The van der Waals surface area contributed by atoms with E-state index in [1.807, 2.05) is 6.26 Å². The Morgan fingerprint density at radius 2 is 2.18 bits per heavy atom. The fraction of sp³-hybridized carbons (Fsp3) is 0.455. The van der Waals surface area contributed by atoms with Gasteiger partial charge in [0.2, 0.25) is 0 Å². The van der Waals surface area contributed by atoms with Gasteiger partial charge in [0.25, 0.3) is 0 Å². The number of nitrogens with one attached hydrogen (secondary N) is 1. The number of rotatable bonds is 6. The molecule has 0 heterocycles. The molecule has 2 nitrogen and oxygen atoms in total. The highest BCUT2D eigenvalue weighted by Crippen LogP contribution is 2.23. The zero-order valence-corrected chi connectivity index (χ0v) is 11.9. The standard InChI is InChI=1S/C11H15BrF2N2S/c1-17-5-4-7(16-15)6-8-10(13)3-2-9(12)11(8)14/h2-3,7,16H,4-6,15H2,1H3. The van der Waals surface area contributed by atoms with E-state index in [1.54, 1.807) is 11.8 Å². The van der Waals surface area contributed by atoms with Gasteiger partial charge in [-0.2, -0.15) is 11.8 Å². The molecule has 3 N–H and O–H groups in total. The number of benzene rings is 1. The maximum Gasteiger partial charge on any atom is 0.143 e. The maximum absolute atomic E-state index is 13.7. The van der Waals surface area contributed by atoms with Crippen LogP contribution < -0.4 is 11.3 Å². The molecular formula is C11H15BrF2N2S. The number of hydrogen-bond donors (Lipinski definition) is 2. The van der Waals surface area contributed by atoms with Crippen molar-refractivity contribution in [1.82, 2.24) is 5.43 Å². The Balaban J connectivity index is 2.81. The van der Waals surface area contributed by atoms with Crippen molar-refractivity contribution in [3.63, 3.8) is 0 Å². The second-order valence-corrected chi connectivity index (χ2v) is 5.51. The molecule has 0 aliphatic heterocycles. The van der Waals surface area contributed by atoms with Gasteiger partial charge in [0.15, 0.2) is 0 Å². The third kappa shape index (κ3) is 4.21. The lowest BCUT2D eigenvalue weighted by Gasteiger charge is -2.16. The van der Waals surface area contributed by atoms with Gasteiger partial charge in [-0.3, -0.25) is 11.3 Å². The number of hydrogen-bond acceptors (Lipinski definition) is 3. The number of halogens is 3. The summed E-state index contributed by atoms with van der Waals surface area (Å²) in [7, 11) is 0. The second-order valence-electron chi connectivity index (χ2n) is 3.67. The number of thioether (sulfide) groups is 1. The summed E-state index contributed by atoms with van der Waals surface area (Å²) in [6, 6.07) is 2.49. The van der Waals surface area contributed by atoms with Gasteiger partial charge in [-0.05, 0) is 52.9 Å². The average Bonchev–Trinajstić information content (AvgIpc) is 2.33. The smallest absolute Gasteiger partial charge is 0.143 e. The Bertz CT molecular complexity index is 377. The number of nitrogens with two attached hydrogens (primary N) is 1. The van der Waals surface area contributed by atoms with Gasteiger partial charge in [-0.1, -0.05) is 0 Å². The zero-order valence-electron chi connectivity index (χ0n) is 9.47. The van der Waals surface area contributed by atoms with E-state index in [4.69, 9.17) is 5.84 Å². The van der Waals surface area contributed by atoms with Gasteiger partial charge >= 0.3 is 0 Å². The van der Waals surface area contributed by atoms with Crippen molar-refractivity contribution in [2.24, 2.45) is 5.84 Å². The molecule has 0 fully saturated rings. The lowest BCUT2D eigenvalue weighted by Crippen LogP contribution is -2.37. The van der Waals surface area contributed by atoms with E-state index in [-0.39, 0.29) is 22.5 Å². The Morgan fingerprint density at radius 1 is 1.47 bits per heavy atom. The molecule has 0 aliphatic rings. The minimum atomic E-state index is -0.547. The van der Waals surface area contributed by atoms with Crippen molar-refractivity contribution >= 4 is 27.7 Å². The van der Waals surface area contributed by atoms with Gasteiger partial charge in [-0.25, -0.2) is 8.78 Å². The molecule has 0 spiro atoms. The summed E-state index contributed by atoms with van der Waals surface area (Å²) >= 11 is 4.72. The minimum absolute atomic E-state index is 0.0726. The van der Waals surface area contributed by atoms with Crippen LogP contribution in [0.4, 0.5) is 8.78 Å². The molecule has 0 saturated carbocycles. The van der Waals surface area contributed by atoms with E-state index in [0.29, 0.717) is 0 Å². The molecule has 1 atom stereocenters. The molecule has 1 aromatic carbocycles. The average molecular weight is 325 g/mol. The molecule has 0 bridgehead atoms. The first-order valence-electron chi connectivity index (χ1n) is 5.17.